The van der Waals surface area contributed by atoms with Gasteiger partial charge < -0.3 is 10.1 Å². The van der Waals surface area contributed by atoms with Crippen LogP contribution in [0, 0.1) is 17.3 Å². The van der Waals surface area contributed by atoms with Crippen LogP contribution in [-0.4, -0.2) is 25.8 Å². The second kappa shape index (κ2) is 5.05. The van der Waals surface area contributed by atoms with Crippen LogP contribution < -0.4 is 5.32 Å². The Balaban J connectivity index is 1.82. The van der Waals surface area contributed by atoms with Crippen LogP contribution in [-0.2, 0) is 4.74 Å². The zero-order chi connectivity index (χ0) is 11.6. The van der Waals surface area contributed by atoms with Gasteiger partial charge in [0.1, 0.15) is 0 Å². The molecule has 1 aliphatic heterocycles. The van der Waals surface area contributed by atoms with E-state index in [1.54, 1.807) is 0 Å². The van der Waals surface area contributed by atoms with Crippen molar-refractivity contribution in [2.24, 2.45) is 17.3 Å². The maximum atomic E-state index is 5.44. The third kappa shape index (κ3) is 2.98. The first-order valence-electron chi connectivity index (χ1n) is 6.94. The monoisotopic (exact) mass is 225 g/mol. The van der Waals surface area contributed by atoms with E-state index in [4.69, 9.17) is 4.74 Å². The van der Waals surface area contributed by atoms with Crippen molar-refractivity contribution < 1.29 is 4.74 Å². The third-order valence-corrected chi connectivity index (χ3v) is 4.47. The van der Waals surface area contributed by atoms with E-state index in [2.05, 4.69) is 26.1 Å². The maximum Gasteiger partial charge on any atom is 0.0468 e. The quantitative estimate of drug-likeness (QED) is 0.777. The highest BCUT2D eigenvalue weighted by Crippen LogP contribution is 2.54. The van der Waals surface area contributed by atoms with Crippen molar-refractivity contribution in [2.75, 3.05) is 19.8 Å². The minimum absolute atomic E-state index is 0.595. The van der Waals surface area contributed by atoms with E-state index < -0.39 is 0 Å². The molecular formula is C14H27NO. The lowest BCUT2D eigenvalue weighted by Gasteiger charge is -2.28. The van der Waals surface area contributed by atoms with Crippen LogP contribution in [0.5, 0.6) is 0 Å². The van der Waals surface area contributed by atoms with Crippen molar-refractivity contribution in [3.8, 4) is 0 Å². The molecule has 2 heteroatoms. The van der Waals surface area contributed by atoms with Crippen LogP contribution in [0.15, 0.2) is 0 Å². The highest BCUT2D eigenvalue weighted by Gasteiger charge is 2.49. The maximum absolute atomic E-state index is 5.44. The molecule has 0 bridgehead atoms. The second-order valence-electron chi connectivity index (χ2n) is 6.25. The summed E-state index contributed by atoms with van der Waals surface area (Å²) < 4.78 is 5.44. The van der Waals surface area contributed by atoms with Crippen molar-refractivity contribution in [3.63, 3.8) is 0 Å². The van der Waals surface area contributed by atoms with Crippen molar-refractivity contribution in [1.29, 1.82) is 0 Å². The van der Waals surface area contributed by atoms with Gasteiger partial charge >= 0.3 is 0 Å². The standard InChI is InChI=1S/C14H27NO/c1-4-15-13(12-10-14(12,2)3)9-11-5-7-16-8-6-11/h11-13,15H,4-10H2,1-3H3. The van der Waals surface area contributed by atoms with Crippen LogP contribution in [0.25, 0.3) is 0 Å². The summed E-state index contributed by atoms with van der Waals surface area (Å²) in [7, 11) is 0. The summed E-state index contributed by atoms with van der Waals surface area (Å²) in [6.45, 7) is 10.1. The Morgan fingerprint density at radius 1 is 1.31 bits per heavy atom. The van der Waals surface area contributed by atoms with Gasteiger partial charge in [-0.1, -0.05) is 20.8 Å². The largest absolute Gasteiger partial charge is 0.381 e. The summed E-state index contributed by atoms with van der Waals surface area (Å²) >= 11 is 0. The van der Waals surface area contributed by atoms with Crippen molar-refractivity contribution >= 4 is 0 Å². The minimum atomic E-state index is 0.595. The topological polar surface area (TPSA) is 21.3 Å². The summed E-state index contributed by atoms with van der Waals surface area (Å²) in [5.74, 6) is 1.81. The van der Waals surface area contributed by atoms with Gasteiger partial charge in [-0.3, -0.25) is 0 Å². The van der Waals surface area contributed by atoms with Gasteiger partial charge in [0.2, 0.25) is 0 Å². The van der Waals surface area contributed by atoms with Crippen LogP contribution in [0.1, 0.15) is 46.5 Å². The van der Waals surface area contributed by atoms with Gasteiger partial charge in [-0.2, -0.15) is 0 Å². The van der Waals surface area contributed by atoms with E-state index in [-0.39, 0.29) is 0 Å². The van der Waals surface area contributed by atoms with E-state index in [9.17, 15) is 0 Å². The van der Waals surface area contributed by atoms with E-state index in [0.29, 0.717) is 5.41 Å². The Labute approximate surface area is 100 Å². The predicted molar refractivity (Wildman–Crippen MR) is 67.5 cm³/mol. The summed E-state index contributed by atoms with van der Waals surface area (Å²) in [6.07, 6.45) is 5.32. The molecule has 16 heavy (non-hydrogen) atoms. The molecule has 0 spiro atoms. The van der Waals surface area contributed by atoms with Crippen LogP contribution in [0.4, 0.5) is 0 Å². The van der Waals surface area contributed by atoms with Crippen LogP contribution in [0.3, 0.4) is 0 Å². The molecule has 94 valence electrons. The summed E-state index contributed by atoms with van der Waals surface area (Å²) in [5.41, 5.74) is 0.595. The smallest absolute Gasteiger partial charge is 0.0468 e. The molecule has 0 aromatic carbocycles. The lowest BCUT2D eigenvalue weighted by atomic mass is 9.89. The van der Waals surface area contributed by atoms with Gasteiger partial charge in [0.15, 0.2) is 0 Å². The van der Waals surface area contributed by atoms with Crippen LogP contribution in [0.2, 0.25) is 0 Å². The molecule has 1 saturated heterocycles. The molecule has 2 atom stereocenters. The highest BCUT2D eigenvalue weighted by molar-refractivity contribution is 5.02. The van der Waals surface area contributed by atoms with E-state index in [0.717, 1.165) is 37.6 Å². The average Bonchev–Trinajstić information content (AvgIpc) is 2.89. The molecular weight excluding hydrogens is 198 g/mol. The molecule has 2 rings (SSSR count). The molecule has 2 unspecified atom stereocenters. The normalized spacial score (nSPS) is 31.3. The Kier molecular flexibility index (Phi) is 3.91. The zero-order valence-electron chi connectivity index (χ0n) is 11.1. The number of hydrogen-bond donors (Lipinski definition) is 1. The number of hydrogen-bond acceptors (Lipinski definition) is 2. The van der Waals surface area contributed by atoms with E-state index in [1.165, 1.54) is 25.7 Å². The lowest BCUT2D eigenvalue weighted by Crippen LogP contribution is -2.35. The third-order valence-electron chi connectivity index (χ3n) is 4.47. The number of ether oxygens (including phenoxy) is 1. The molecule has 0 aromatic rings. The Bertz CT molecular complexity index is 221. The first kappa shape index (κ1) is 12.4. The first-order chi connectivity index (χ1) is 7.63. The van der Waals surface area contributed by atoms with E-state index in [1.807, 2.05) is 0 Å². The zero-order valence-corrected chi connectivity index (χ0v) is 11.1. The first-order valence-corrected chi connectivity index (χ1v) is 6.94. The van der Waals surface area contributed by atoms with Gasteiger partial charge in [-0.15, -0.1) is 0 Å². The lowest BCUT2D eigenvalue weighted by molar-refractivity contribution is 0.0592. The Morgan fingerprint density at radius 2 is 1.94 bits per heavy atom. The molecule has 0 aromatic heterocycles. The van der Waals surface area contributed by atoms with Gasteiger partial charge in [0, 0.05) is 19.3 Å². The minimum Gasteiger partial charge on any atom is -0.381 e. The second-order valence-corrected chi connectivity index (χ2v) is 6.25. The summed E-state index contributed by atoms with van der Waals surface area (Å²) in [5, 5.41) is 3.71. The summed E-state index contributed by atoms with van der Waals surface area (Å²) in [6, 6.07) is 0.753. The van der Waals surface area contributed by atoms with E-state index >= 15 is 0 Å². The number of rotatable bonds is 5. The van der Waals surface area contributed by atoms with Gasteiger partial charge in [-0.25, -0.2) is 0 Å². The molecule has 0 amide bonds. The van der Waals surface area contributed by atoms with Gasteiger partial charge in [0.25, 0.3) is 0 Å². The van der Waals surface area contributed by atoms with Crippen LogP contribution >= 0.6 is 0 Å². The molecule has 1 aliphatic carbocycles. The molecule has 2 nitrogen and oxygen atoms in total. The summed E-state index contributed by atoms with van der Waals surface area (Å²) in [4.78, 5) is 0. The average molecular weight is 225 g/mol. The fraction of sp³-hybridized carbons (Fsp3) is 1.00. The Morgan fingerprint density at radius 3 is 2.44 bits per heavy atom. The molecule has 1 saturated carbocycles. The highest BCUT2D eigenvalue weighted by atomic mass is 16.5. The molecule has 2 fully saturated rings. The fourth-order valence-corrected chi connectivity index (χ4v) is 3.19. The van der Waals surface area contributed by atoms with Crippen molar-refractivity contribution in [3.05, 3.63) is 0 Å². The predicted octanol–water partition coefficient (Wildman–Crippen LogP) is 2.83. The molecule has 2 aliphatic rings. The number of nitrogens with one attached hydrogen (secondary N) is 1. The molecule has 0 radical (unpaired) electrons. The van der Waals surface area contributed by atoms with Crippen molar-refractivity contribution in [2.45, 2.75) is 52.5 Å². The van der Waals surface area contributed by atoms with Crippen molar-refractivity contribution in [1.82, 2.24) is 5.32 Å². The van der Waals surface area contributed by atoms with Gasteiger partial charge in [0.05, 0.1) is 0 Å². The SMILES string of the molecule is CCNC(CC1CCOCC1)C1CC1(C)C. The molecule has 1 N–H and O–H groups in total. The Hall–Kier alpha value is -0.0800. The molecule has 1 heterocycles. The fourth-order valence-electron chi connectivity index (χ4n) is 3.19. The van der Waals surface area contributed by atoms with Gasteiger partial charge in [-0.05, 0) is 49.5 Å².